The van der Waals surface area contributed by atoms with Crippen molar-refractivity contribution in [2.45, 2.75) is 18.8 Å². The highest BCUT2D eigenvalue weighted by Gasteiger charge is 2.29. The van der Waals surface area contributed by atoms with Crippen molar-refractivity contribution in [1.82, 2.24) is 9.61 Å². The Morgan fingerprint density at radius 1 is 0.500 bits per heavy atom. The molecule has 42 heavy (non-hydrogen) atoms. The molecule has 2 nitrogen and oxygen atoms in total. The van der Waals surface area contributed by atoms with Crippen LogP contribution < -0.4 is 0 Å². The van der Waals surface area contributed by atoms with Gasteiger partial charge in [0.1, 0.15) is 5.69 Å². The molecule has 0 saturated heterocycles. The van der Waals surface area contributed by atoms with Crippen molar-refractivity contribution in [1.29, 1.82) is 0 Å². The zero-order chi connectivity index (χ0) is 27.6. The van der Waals surface area contributed by atoms with E-state index in [1.54, 1.807) is 0 Å². The first-order valence-corrected chi connectivity index (χ1v) is 14.8. The summed E-state index contributed by atoms with van der Waals surface area (Å²) in [7, 11) is 0. The molecule has 6 aromatic carbocycles. The summed E-state index contributed by atoms with van der Waals surface area (Å²) in [5, 5.41) is 13.0. The molecule has 1 aliphatic carbocycles. The second kappa shape index (κ2) is 9.15. The molecule has 2 heterocycles. The molecule has 0 unspecified atom stereocenters. The van der Waals surface area contributed by atoms with Crippen molar-refractivity contribution in [3.63, 3.8) is 0 Å². The Balaban J connectivity index is 1.31. The monoisotopic (exact) mass is 536 g/mol. The summed E-state index contributed by atoms with van der Waals surface area (Å²) in [5.74, 6) is 0.572. The predicted molar refractivity (Wildman–Crippen MR) is 176 cm³/mol. The fourth-order valence-electron chi connectivity index (χ4n) is 6.69. The van der Waals surface area contributed by atoms with E-state index in [0.717, 1.165) is 11.3 Å². The molecule has 0 N–H and O–H groups in total. The van der Waals surface area contributed by atoms with Crippen LogP contribution in [-0.4, -0.2) is 9.61 Å². The van der Waals surface area contributed by atoms with Crippen LogP contribution in [0.5, 0.6) is 0 Å². The minimum atomic E-state index is 0.572. The van der Waals surface area contributed by atoms with Crippen molar-refractivity contribution < 1.29 is 0 Å². The van der Waals surface area contributed by atoms with Crippen LogP contribution in [0.4, 0.5) is 0 Å². The number of hydrogen-bond acceptors (Lipinski definition) is 1. The van der Waals surface area contributed by atoms with Crippen LogP contribution >= 0.6 is 0 Å². The topological polar surface area (TPSA) is 17.3 Å². The van der Waals surface area contributed by atoms with Gasteiger partial charge >= 0.3 is 0 Å². The molecule has 1 saturated carbocycles. The van der Waals surface area contributed by atoms with Crippen LogP contribution in [0.2, 0.25) is 0 Å². The lowest BCUT2D eigenvalue weighted by molar-refractivity contribution is 0.866. The molecule has 1 fully saturated rings. The van der Waals surface area contributed by atoms with E-state index in [0.29, 0.717) is 5.92 Å². The average Bonchev–Trinajstić information content (AvgIpc) is 3.83. The molecule has 2 heteroatoms. The first-order chi connectivity index (χ1) is 20.8. The average molecular weight is 537 g/mol. The van der Waals surface area contributed by atoms with Gasteiger partial charge in [0.05, 0.1) is 5.52 Å². The molecule has 2 aromatic heterocycles. The van der Waals surface area contributed by atoms with Crippen molar-refractivity contribution in [3.8, 4) is 33.5 Å². The molecule has 0 bridgehead atoms. The fraction of sp³-hybridized carbons (Fsp3) is 0.0750. The Labute approximate surface area is 244 Å². The maximum atomic E-state index is 5.42. The van der Waals surface area contributed by atoms with Crippen LogP contribution in [0.1, 0.15) is 24.5 Å². The van der Waals surface area contributed by atoms with E-state index in [4.69, 9.17) is 5.10 Å². The lowest BCUT2D eigenvalue weighted by Crippen LogP contribution is -1.98. The standard InChI is InChI=1S/C40H28N2/c1-2-10-31-24-33(23-16-26(31)8-1)38-39(41-42-37(29-19-20-29)25-32-11-4-6-14-36(32)40(38)42)30-21-17-28(18-22-30)35-15-7-12-27-9-3-5-13-34(27)35/h1-18,21-25,29H,19-20H2. The summed E-state index contributed by atoms with van der Waals surface area (Å²) in [6.45, 7) is 0. The SMILES string of the molecule is c1ccc2cc(-c3c(-c4ccc(-c5cccc6ccccc56)cc4)nn4c(C5CC5)cc5ccccc5c34)ccc2c1. The van der Waals surface area contributed by atoms with Gasteiger partial charge in [0, 0.05) is 28.1 Å². The molecule has 0 aliphatic heterocycles. The quantitative estimate of drug-likeness (QED) is 0.219. The minimum Gasteiger partial charge on any atom is -0.236 e. The van der Waals surface area contributed by atoms with E-state index in [9.17, 15) is 0 Å². The first kappa shape index (κ1) is 23.5. The molecule has 0 spiro atoms. The van der Waals surface area contributed by atoms with E-state index in [-0.39, 0.29) is 0 Å². The molecule has 1 aliphatic rings. The maximum absolute atomic E-state index is 5.42. The first-order valence-electron chi connectivity index (χ1n) is 14.8. The molecular weight excluding hydrogens is 508 g/mol. The van der Waals surface area contributed by atoms with Crippen molar-refractivity contribution in [2.24, 2.45) is 0 Å². The van der Waals surface area contributed by atoms with Gasteiger partial charge in [-0.25, -0.2) is 4.52 Å². The molecule has 0 radical (unpaired) electrons. The second-order valence-corrected chi connectivity index (χ2v) is 11.6. The summed E-state index contributed by atoms with van der Waals surface area (Å²) < 4.78 is 2.26. The number of benzene rings is 6. The third kappa shape index (κ3) is 3.69. The van der Waals surface area contributed by atoms with Gasteiger partial charge in [-0.15, -0.1) is 0 Å². The van der Waals surface area contributed by atoms with Gasteiger partial charge in [-0.3, -0.25) is 0 Å². The van der Waals surface area contributed by atoms with Crippen molar-refractivity contribution in [2.75, 3.05) is 0 Å². The number of hydrogen-bond donors (Lipinski definition) is 0. The lowest BCUT2D eigenvalue weighted by Gasteiger charge is -2.11. The summed E-state index contributed by atoms with van der Waals surface area (Å²) in [5.41, 5.74) is 9.59. The largest absolute Gasteiger partial charge is 0.236 e. The van der Waals surface area contributed by atoms with E-state index < -0.39 is 0 Å². The second-order valence-electron chi connectivity index (χ2n) is 11.6. The fourth-order valence-corrected chi connectivity index (χ4v) is 6.69. The zero-order valence-corrected chi connectivity index (χ0v) is 23.2. The molecule has 0 atom stereocenters. The Morgan fingerprint density at radius 3 is 1.95 bits per heavy atom. The van der Waals surface area contributed by atoms with Crippen LogP contribution in [0.15, 0.2) is 140 Å². The highest BCUT2D eigenvalue weighted by molar-refractivity contribution is 6.08. The number of aromatic nitrogens is 2. The van der Waals surface area contributed by atoms with Gasteiger partial charge in [0.15, 0.2) is 0 Å². The molecule has 0 amide bonds. The smallest absolute Gasteiger partial charge is 0.101 e. The van der Waals surface area contributed by atoms with Crippen molar-refractivity contribution >= 4 is 37.8 Å². The van der Waals surface area contributed by atoms with Gasteiger partial charge in [0.2, 0.25) is 0 Å². The summed E-state index contributed by atoms with van der Waals surface area (Å²) in [6, 6.07) is 50.8. The Kier molecular flexibility index (Phi) is 5.12. The normalized spacial score (nSPS) is 13.4. The lowest BCUT2D eigenvalue weighted by atomic mass is 9.94. The minimum absolute atomic E-state index is 0.572. The molecule has 8 aromatic rings. The Bertz CT molecular complexity index is 2300. The Morgan fingerprint density at radius 2 is 1.14 bits per heavy atom. The molecule has 9 rings (SSSR count). The highest BCUT2D eigenvalue weighted by atomic mass is 15.2. The zero-order valence-electron chi connectivity index (χ0n) is 23.2. The van der Waals surface area contributed by atoms with Crippen LogP contribution in [0, 0.1) is 0 Å². The van der Waals surface area contributed by atoms with E-state index in [1.807, 2.05) is 0 Å². The Hall–Kier alpha value is -5.21. The predicted octanol–water partition coefficient (Wildman–Crippen LogP) is 10.7. The number of nitrogens with zero attached hydrogens (tertiary/aromatic N) is 2. The maximum Gasteiger partial charge on any atom is 0.101 e. The molecular formula is C40H28N2. The number of fused-ring (bicyclic) bond motifs is 5. The van der Waals surface area contributed by atoms with Gasteiger partial charge in [0.25, 0.3) is 0 Å². The van der Waals surface area contributed by atoms with Crippen LogP contribution in [-0.2, 0) is 0 Å². The van der Waals surface area contributed by atoms with E-state index >= 15 is 0 Å². The highest BCUT2D eigenvalue weighted by Crippen LogP contribution is 2.45. The third-order valence-electron chi connectivity index (χ3n) is 8.94. The molecule has 198 valence electrons. The summed E-state index contributed by atoms with van der Waals surface area (Å²) in [4.78, 5) is 0. The number of pyridine rings is 1. The van der Waals surface area contributed by atoms with Gasteiger partial charge in [-0.1, -0.05) is 127 Å². The third-order valence-corrected chi connectivity index (χ3v) is 8.94. The van der Waals surface area contributed by atoms with E-state index in [1.165, 1.54) is 78.6 Å². The van der Waals surface area contributed by atoms with E-state index in [2.05, 4.69) is 144 Å². The van der Waals surface area contributed by atoms with Gasteiger partial charge in [-0.2, -0.15) is 5.10 Å². The van der Waals surface area contributed by atoms with Crippen LogP contribution in [0.25, 0.3) is 71.3 Å². The summed E-state index contributed by atoms with van der Waals surface area (Å²) >= 11 is 0. The summed E-state index contributed by atoms with van der Waals surface area (Å²) in [6.07, 6.45) is 2.46. The number of rotatable bonds is 4. The van der Waals surface area contributed by atoms with Crippen LogP contribution in [0.3, 0.4) is 0 Å². The van der Waals surface area contributed by atoms with Gasteiger partial charge in [-0.05, 0) is 68.6 Å². The van der Waals surface area contributed by atoms with Crippen molar-refractivity contribution in [3.05, 3.63) is 145 Å². The van der Waals surface area contributed by atoms with Gasteiger partial charge < -0.3 is 0 Å².